The molecule has 0 saturated heterocycles. The van der Waals surface area contributed by atoms with Crippen LogP contribution in [-0.2, 0) is 0 Å². The lowest BCUT2D eigenvalue weighted by Crippen LogP contribution is -1.91. The summed E-state index contributed by atoms with van der Waals surface area (Å²) in [6.45, 7) is 0. The van der Waals surface area contributed by atoms with Crippen LogP contribution in [0.15, 0.2) is 182 Å². The lowest BCUT2D eigenvalue weighted by molar-refractivity contribution is 1.65. The summed E-state index contributed by atoms with van der Waals surface area (Å²) < 4.78 is 5.45. The van der Waals surface area contributed by atoms with Crippen LogP contribution in [0.3, 0.4) is 0 Å². The van der Waals surface area contributed by atoms with Crippen LogP contribution in [0.1, 0.15) is 0 Å². The minimum Gasteiger partial charge on any atom is -0.134 e. The first-order valence-corrected chi connectivity index (χ1v) is 20.1. The molecule has 0 saturated carbocycles. The molecule has 54 heavy (non-hydrogen) atoms. The van der Waals surface area contributed by atoms with Gasteiger partial charge >= 0.3 is 0 Å². The van der Waals surface area contributed by atoms with Crippen molar-refractivity contribution in [3.8, 4) is 33.4 Å². The van der Waals surface area contributed by atoms with Crippen molar-refractivity contribution in [3.05, 3.63) is 182 Å². The molecule has 10 aromatic carbocycles. The largest absolute Gasteiger partial charge is 0.134 e. The Labute approximate surface area is 319 Å². The highest BCUT2D eigenvalue weighted by atomic mass is 32.1. The van der Waals surface area contributed by atoms with E-state index in [1.807, 2.05) is 22.7 Å². The van der Waals surface area contributed by atoms with Gasteiger partial charge in [-0.3, -0.25) is 0 Å². The molecule has 0 radical (unpaired) electrons. The number of thiophene rings is 2. The summed E-state index contributed by atoms with van der Waals surface area (Å²) in [5, 5.41) is 15.6. The van der Waals surface area contributed by atoms with E-state index in [9.17, 15) is 0 Å². The molecule has 2 heterocycles. The normalized spacial score (nSPS) is 12.1. The van der Waals surface area contributed by atoms with Gasteiger partial charge in [0.25, 0.3) is 0 Å². The van der Waals surface area contributed by atoms with Gasteiger partial charge in [-0.2, -0.15) is 0 Å². The molecule has 0 aliphatic heterocycles. The number of hydrogen-bond donors (Lipinski definition) is 0. The van der Waals surface area contributed by atoms with Crippen LogP contribution in [0.5, 0.6) is 0 Å². The van der Waals surface area contributed by atoms with E-state index in [2.05, 4.69) is 182 Å². The maximum atomic E-state index is 2.50. The average Bonchev–Trinajstić information content (AvgIpc) is 3.82. The summed E-state index contributed by atoms with van der Waals surface area (Å²) in [4.78, 5) is 0. The zero-order valence-electron chi connectivity index (χ0n) is 29.1. The first-order valence-electron chi connectivity index (χ1n) is 18.5. The summed E-state index contributed by atoms with van der Waals surface area (Å²) in [5.41, 5.74) is 7.60. The van der Waals surface area contributed by atoms with Crippen LogP contribution >= 0.6 is 22.7 Å². The van der Waals surface area contributed by atoms with Crippen LogP contribution in [0.2, 0.25) is 0 Å². The Bertz CT molecular complexity index is 3450. The highest BCUT2D eigenvalue weighted by Gasteiger charge is 2.21. The zero-order chi connectivity index (χ0) is 35.3. The molecule has 12 aromatic rings. The fraction of sp³-hybridized carbons (Fsp3) is 0. The summed E-state index contributed by atoms with van der Waals surface area (Å²) in [7, 11) is 0. The molecule has 0 unspecified atom stereocenters. The second-order valence-electron chi connectivity index (χ2n) is 14.3. The van der Waals surface area contributed by atoms with E-state index in [1.165, 1.54) is 117 Å². The summed E-state index contributed by atoms with van der Waals surface area (Å²) in [6, 6.07) is 67.8. The third kappa shape index (κ3) is 4.36. The molecule has 12 rings (SSSR count). The fourth-order valence-corrected chi connectivity index (χ4v) is 11.6. The first kappa shape index (κ1) is 30.2. The van der Waals surface area contributed by atoms with Crippen LogP contribution in [0.4, 0.5) is 0 Å². The van der Waals surface area contributed by atoms with E-state index in [0.29, 0.717) is 0 Å². The Hall–Kier alpha value is -6.32. The topological polar surface area (TPSA) is 0 Å². The summed E-state index contributed by atoms with van der Waals surface area (Å²) >= 11 is 3.87. The number of rotatable bonds is 3. The van der Waals surface area contributed by atoms with Gasteiger partial charge in [0.15, 0.2) is 0 Å². The van der Waals surface area contributed by atoms with Gasteiger partial charge in [0.1, 0.15) is 0 Å². The molecule has 0 atom stereocenters. The molecule has 0 nitrogen and oxygen atoms in total. The highest BCUT2D eigenvalue weighted by molar-refractivity contribution is 7.33. The molecule has 2 aromatic heterocycles. The number of benzene rings is 10. The average molecular weight is 719 g/mol. The van der Waals surface area contributed by atoms with Gasteiger partial charge in [0, 0.05) is 30.9 Å². The fourth-order valence-electron chi connectivity index (χ4n) is 9.05. The van der Waals surface area contributed by atoms with Crippen molar-refractivity contribution in [2.24, 2.45) is 0 Å². The molecule has 0 N–H and O–H groups in total. The van der Waals surface area contributed by atoms with Crippen molar-refractivity contribution in [1.29, 1.82) is 0 Å². The van der Waals surface area contributed by atoms with E-state index in [-0.39, 0.29) is 0 Å². The first-order chi connectivity index (χ1) is 26.8. The van der Waals surface area contributed by atoms with Crippen molar-refractivity contribution in [2.45, 2.75) is 0 Å². The maximum Gasteiger partial charge on any atom is 0.0540 e. The third-order valence-electron chi connectivity index (χ3n) is 11.4. The molecule has 0 amide bonds. The van der Waals surface area contributed by atoms with Crippen molar-refractivity contribution in [1.82, 2.24) is 0 Å². The van der Waals surface area contributed by atoms with Gasteiger partial charge in [0.2, 0.25) is 0 Å². The van der Waals surface area contributed by atoms with Crippen LogP contribution in [0, 0.1) is 0 Å². The molecular weight excluding hydrogens is 689 g/mol. The van der Waals surface area contributed by atoms with Crippen molar-refractivity contribution < 1.29 is 0 Å². The van der Waals surface area contributed by atoms with E-state index in [1.54, 1.807) is 0 Å². The minimum absolute atomic E-state index is 1.23. The van der Waals surface area contributed by atoms with Gasteiger partial charge in [-0.1, -0.05) is 152 Å². The van der Waals surface area contributed by atoms with Crippen LogP contribution < -0.4 is 0 Å². The monoisotopic (exact) mass is 718 g/mol. The minimum atomic E-state index is 1.23. The lowest BCUT2D eigenvalue weighted by atomic mass is 9.85. The Morgan fingerprint density at radius 1 is 0.278 bits per heavy atom. The van der Waals surface area contributed by atoms with Crippen LogP contribution in [0.25, 0.3) is 117 Å². The molecule has 0 aliphatic carbocycles. The second kappa shape index (κ2) is 11.6. The standard InChI is InChI=1S/C52H30S2/c1-2-14-33-28-36(25-24-31(33)12-1)48-40-20-7-5-18-38(40)47(39-19-6-8-21-41(39)48)35-16-11-15-34(29-35)43-30-44-49-37-17-4-3-13-32(37)26-27-46(49)54-51(44)52-50(43)42-22-9-10-23-45(42)53-52/h1-30H. The van der Waals surface area contributed by atoms with Crippen molar-refractivity contribution >= 4 is 106 Å². The van der Waals surface area contributed by atoms with Gasteiger partial charge < -0.3 is 0 Å². The number of fused-ring (bicyclic) bond motifs is 12. The van der Waals surface area contributed by atoms with Gasteiger partial charge in [-0.25, -0.2) is 0 Å². The predicted octanol–water partition coefficient (Wildman–Crippen LogP) is 16.0. The Balaban J connectivity index is 1.15. The van der Waals surface area contributed by atoms with Gasteiger partial charge in [0.05, 0.1) is 9.40 Å². The van der Waals surface area contributed by atoms with E-state index < -0.39 is 0 Å². The predicted molar refractivity (Wildman–Crippen MR) is 239 cm³/mol. The maximum absolute atomic E-state index is 2.50. The smallest absolute Gasteiger partial charge is 0.0540 e. The summed E-state index contributed by atoms with van der Waals surface area (Å²) in [5.74, 6) is 0. The molecule has 0 aliphatic rings. The highest BCUT2D eigenvalue weighted by Crippen LogP contribution is 2.51. The Morgan fingerprint density at radius 2 is 0.833 bits per heavy atom. The third-order valence-corrected chi connectivity index (χ3v) is 13.9. The Morgan fingerprint density at radius 3 is 1.57 bits per heavy atom. The van der Waals surface area contributed by atoms with Gasteiger partial charge in [-0.15, -0.1) is 22.7 Å². The zero-order valence-corrected chi connectivity index (χ0v) is 30.8. The molecule has 2 heteroatoms. The van der Waals surface area contributed by atoms with E-state index >= 15 is 0 Å². The van der Waals surface area contributed by atoms with Crippen LogP contribution in [-0.4, -0.2) is 0 Å². The SMILES string of the molecule is c1cc(-c2c3ccccc3c(-c3ccc4ccccc4c3)c3ccccc23)cc(-c2cc3c(sc4ccc5ccccc5c43)c3sc4ccccc4c23)c1. The van der Waals surface area contributed by atoms with Crippen molar-refractivity contribution in [2.75, 3.05) is 0 Å². The quantitative estimate of drug-likeness (QED) is 0.160. The van der Waals surface area contributed by atoms with E-state index in [4.69, 9.17) is 0 Å². The molecular formula is C52H30S2. The lowest BCUT2D eigenvalue weighted by Gasteiger charge is -2.18. The van der Waals surface area contributed by atoms with E-state index in [0.717, 1.165) is 0 Å². The second-order valence-corrected chi connectivity index (χ2v) is 16.5. The number of hydrogen-bond acceptors (Lipinski definition) is 2. The molecule has 250 valence electrons. The van der Waals surface area contributed by atoms with Crippen molar-refractivity contribution in [3.63, 3.8) is 0 Å². The summed E-state index contributed by atoms with van der Waals surface area (Å²) in [6.07, 6.45) is 0. The molecule has 0 fully saturated rings. The Kier molecular flexibility index (Phi) is 6.48. The molecule has 0 spiro atoms. The molecule has 0 bridgehead atoms. The van der Waals surface area contributed by atoms with Gasteiger partial charge in [-0.05, 0) is 107 Å².